The van der Waals surface area contributed by atoms with Crippen LogP contribution in [0.25, 0.3) is 0 Å². The summed E-state index contributed by atoms with van der Waals surface area (Å²) in [5, 5.41) is 27.0. The number of thiophene rings is 1. The third-order valence-electron chi connectivity index (χ3n) is 3.56. The van der Waals surface area contributed by atoms with Gasteiger partial charge in [-0.15, -0.1) is 21.5 Å². The zero-order chi connectivity index (χ0) is 16.9. The molecule has 3 N–H and O–H groups in total. The van der Waals surface area contributed by atoms with Crippen molar-refractivity contribution in [2.45, 2.75) is 32.9 Å². The summed E-state index contributed by atoms with van der Waals surface area (Å²) in [6, 6.07) is 3.86. The number of aliphatic hydroxyl groups is 1. The van der Waals surface area contributed by atoms with E-state index in [1.54, 1.807) is 6.92 Å². The van der Waals surface area contributed by atoms with Gasteiger partial charge in [-0.2, -0.15) is 0 Å². The van der Waals surface area contributed by atoms with Crippen LogP contribution in [0.3, 0.4) is 0 Å². The monoisotopic (exact) mass is 336 g/mol. The minimum atomic E-state index is -0.939. The molecule has 0 bridgehead atoms. The summed E-state index contributed by atoms with van der Waals surface area (Å²) >= 11 is 1.54. The third kappa shape index (κ3) is 4.52. The molecule has 0 aliphatic carbocycles. The maximum atomic E-state index is 10.6. The highest BCUT2D eigenvalue weighted by molar-refractivity contribution is 7.10. The fraction of sp³-hybridized carbons (Fsp3) is 0.533. The van der Waals surface area contributed by atoms with Gasteiger partial charge in [-0.05, 0) is 32.2 Å². The summed E-state index contributed by atoms with van der Waals surface area (Å²) in [6.45, 7) is 7.24. The Morgan fingerprint density at radius 3 is 2.78 bits per heavy atom. The SMILES string of the molecule is CCNC(=NCc1nnc(C)n1C)NCC(C)(O)c1cccs1. The molecule has 0 fully saturated rings. The van der Waals surface area contributed by atoms with Gasteiger partial charge in [0.15, 0.2) is 11.8 Å². The summed E-state index contributed by atoms with van der Waals surface area (Å²) in [4.78, 5) is 5.43. The van der Waals surface area contributed by atoms with Crippen molar-refractivity contribution in [2.24, 2.45) is 12.0 Å². The number of aliphatic imine (C=N–C) groups is 1. The Kier molecular flexibility index (Phi) is 5.73. The molecule has 7 nitrogen and oxygen atoms in total. The molecule has 1 atom stereocenters. The van der Waals surface area contributed by atoms with Gasteiger partial charge < -0.3 is 20.3 Å². The predicted octanol–water partition coefficient (Wildman–Crippen LogP) is 1.15. The number of nitrogens with one attached hydrogen (secondary N) is 2. The molecule has 0 aliphatic rings. The standard InChI is InChI=1S/C15H24N6OS/c1-5-16-14(17-9-13-20-19-11(2)21(13)4)18-10-15(3,22)12-7-6-8-23-12/h6-8,22H,5,9-10H2,1-4H3,(H2,16,17,18). The molecule has 0 amide bonds. The molecule has 0 radical (unpaired) electrons. The van der Waals surface area contributed by atoms with Gasteiger partial charge in [-0.25, -0.2) is 4.99 Å². The first-order valence-electron chi connectivity index (χ1n) is 7.57. The lowest BCUT2D eigenvalue weighted by atomic mass is 10.1. The molecular weight excluding hydrogens is 312 g/mol. The Labute approximate surface area is 140 Å². The van der Waals surface area contributed by atoms with Crippen LogP contribution in [0.2, 0.25) is 0 Å². The summed E-state index contributed by atoms with van der Waals surface area (Å²) < 4.78 is 1.91. The number of guanidine groups is 1. The molecule has 0 aliphatic heterocycles. The van der Waals surface area contributed by atoms with Gasteiger partial charge >= 0.3 is 0 Å². The van der Waals surface area contributed by atoms with Crippen LogP contribution in [0.5, 0.6) is 0 Å². The zero-order valence-corrected chi connectivity index (χ0v) is 14.8. The second kappa shape index (κ2) is 7.56. The molecule has 2 aromatic rings. The molecule has 8 heteroatoms. The van der Waals surface area contributed by atoms with E-state index in [9.17, 15) is 5.11 Å². The molecule has 0 aromatic carbocycles. The Morgan fingerprint density at radius 1 is 1.43 bits per heavy atom. The van der Waals surface area contributed by atoms with Gasteiger partial charge in [0.25, 0.3) is 0 Å². The Balaban J connectivity index is 2.01. The van der Waals surface area contributed by atoms with E-state index in [1.807, 2.05) is 43.0 Å². The van der Waals surface area contributed by atoms with Crippen LogP contribution in [0.1, 0.15) is 30.4 Å². The molecule has 23 heavy (non-hydrogen) atoms. The van der Waals surface area contributed by atoms with Gasteiger partial charge in [0.2, 0.25) is 0 Å². The molecule has 0 spiro atoms. The topological polar surface area (TPSA) is 87.4 Å². The average Bonchev–Trinajstić information content (AvgIpc) is 3.15. The third-order valence-corrected chi connectivity index (χ3v) is 4.68. The van der Waals surface area contributed by atoms with Crippen LogP contribution >= 0.6 is 11.3 Å². The van der Waals surface area contributed by atoms with Crippen molar-refractivity contribution in [2.75, 3.05) is 13.1 Å². The predicted molar refractivity (Wildman–Crippen MR) is 92.4 cm³/mol. The molecule has 2 heterocycles. The van der Waals surface area contributed by atoms with Gasteiger partial charge in [0, 0.05) is 18.5 Å². The number of aromatic nitrogens is 3. The van der Waals surface area contributed by atoms with Crippen molar-refractivity contribution in [3.63, 3.8) is 0 Å². The smallest absolute Gasteiger partial charge is 0.191 e. The zero-order valence-electron chi connectivity index (χ0n) is 14.0. The van der Waals surface area contributed by atoms with Crippen molar-refractivity contribution in [1.82, 2.24) is 25.4 Å². The van der Waals surface area contributed by atoms with E-state index in [1.165, 1.54) is 11.3 Å². The summed E-state index contributed by atoms with van der Waals surface area (Å²) in [7, 11) is 1.92. The number of nitrogens with zero attached hydrogens (tertiary/aromatic N) is 4. The van der Waals surface area contributed by atoms with E-state index in [4.69, 9.17) is 0 Å². The average molecular weight is 336 g/mol. The van der Waals surface area contributed by atoms with Crippen molar-refractivity contribution in [3.05, 3.63) is 34.0 Å². The molecule has 1 unspecified atom stereocenters. The van der Waals surface area contributed by atoms with E-state index < -0.39 is 5.60 Å². The first-order valence-corrected chi connectivity index (χ1v) is 8.45. The number of hydrogen-bond acceptors (Lipinski definition) is 5. The highest BCUT2D eigenvalue weighted by atomic mass is 32.1. The number of hydrogen-bond donors (Lipinski definition) is 3. The van der Waals surface area contributed by atoms with E-state index in [0.29, 0.717) is 19.0 Å². The summed E-state index contributed by atoms with van der Waals surface area (Å²) in [5.41, 5.74) is -0.939. The van der Waals surface area contributed by atoms with E-state index in [2.05, 4.69) is 25.8 Å². The Hall–Kier alpha value is -1.93. The quantitative estimate of drug-likeness (QED) is 0.544. The van der Waals surface area contributed by atoms with Crippen molar-refractivity contribution < 1.29 is 5.11 Å². The second-order valence-electron chi connectivity index (χ2n) is 5.52. The molecule has 0 saturated heterocycles. The maximum Gasteiger partial charge on any atom is 0.191 e. The Bertz CT molecular complexity index is 647. The first kappa shape index (κ1) is 17.4. The van der Waals surface area contributed by atoms with Crippen LogP contribution < -0.4 is 10.6 Å². The molecule has 2 aromatic heterocycles. The number of rotatable bonds is 6. The second-order valence-corrected chi connectivity index (χ2v) is 6.47. The van der Waals surface area contributed by atoms with Crippen LogP contribution in [0, 0.1) is 6.92 Å². The fourth-order valence-electron chi connectivity index (χ4n) is 2.01. The van der Waals surface area contributed by atoms with Crippen LogP contribution in [-0.4, -0.2) is 38.9 Å². The number of aryl methyl sites for hydroxylation is 1. The molecule has 0 saturated carbocycles. The highest BCUT2D eigenvalue weighted by Crippen LogP contribution is 2.24. The molecule has 126 valence electrons. The highest BCUT2D eigenvalue weighted by Gasteiger charge is 2.24. The van der Waals surface area contributed by atoms with Gasteiger partial charge in [0.05, 0.1) is 6.54 Å². The van der Waals surface area contributed by atoms with Crippen molar-refractivity contribution in [1.29, 1.82) is 0 Å². The van der Waals surface area contributed by atoms with E-state index in [-0.39, 0.29) is 0 Å². The lowest BCUT2D eigenvalue weighted by Gasteiger charge is -2.23. The van der Waals surface area contributed by atoms with Gasteiger partial charge in [0.1, 0.15) is 18.0 Å². The normalized spacial score (nSPS) is 14.6. The van der Waals surface area contributed by atoms with Crippen LogP contribution in [0.4, 0.5) is 0 Å². The van der Waals surface area contributed by atoms with E-state index >= 15 is 0 Å². The van der Waals surface area contributed by atoms with Gasteiger partial charge in [-0.3, -0.25) is 0 Å². The maximum absolute atomic E-state index is 10.6. The first-order chi connectivity index (χ1) is 10.9. The van der Waals surface area contributed by atoms with Crippen molar-refractivity contribution in [3.8, 4) is 0 Å². The van der Waals surface area contributed by atoms with Crippen LogP contribution in [0.15, 0.2) is 22.5 Å². The largest absolute Gasteiger partial charge is 0.383 e. The Morgan fingerprint density at radius 2 is 2.22 bits per heavy atom. The lowest BCUT2D eigenvalue weighted by molar-refractivity contribution is 0.0655. The van der Waals surface area contributed by atoms with Gasteiger partial charge in [-0.1, -0.05) is 6.07 Å². The summed E-state index contributed by atoms with van der Waals surface area (Å²) in [5.74, 6) is 2.29. The minimum absolute atomic E-state index is 0.372. The molecule has 2 rings (SSSR count). The minimum Gasteiger partial charge on any atom is -0.383 e. The summed E-state index contributed by atoms with van der Waals surface area (Å²) in [6.07, 6.45) is 0. The fourth-order valence-corrected chi connectivity index (χ4v) is 2.80. The van der Waals surface area contributed by atoms with Crippen molar-refractivity contribution >= 4 is 17.3 Å². The molecular formula is C15H24N6OS. The van der Waals surface area contributed by atoms with E-state index in [0.717, 1.165) is 23.1 Å². The van der Waals surface area contributed by atoms with Crippen LogP contribution in [-0.2, 0) is 19.2 Å². The lowest BCUT2D eigenvalue weighted by Crippen LogP contribution is -2.44.